The number of nitrogens with one attached hydrogen (secondary N) is 1. The van der Waals surface area contributed by atoms with Gasteiger partial charge in [-0.25, -0.2) is 4.98 Å². The molecule has 1 saturated heterocycles. The van der Waals surface area contributed by atoms with Gasteiger partial charge in [0.1, 0.15) is 11.5 Å². The number of aromatic nitrogens is 2. The number of nitrogens with zero attached hydrogens (tertiary/aromatic N) is 3. The molecule has 1 aliphatic carbocycles. The predicted molar refractivity (Wildman–Crippen MR) is 95.5 cm³/mol. The van der Waals surface area contributed by atoms with Crippen molar-refractivity contribution in [1.82, 2.24) is 14.9 Å². The van der Waals surface area contributed by atoms with Crippen molar-refractivity contribution in [1.29, 1.82) is 0 Å². The molecule has 1 amide bonds. The third-order valence-electron chi connectivity index (χ3n) is 4.86. The highest BCUT2D eigenvalue weighted by atomic mass is 32.1. The summed E-state index contributed by atoms with van der Waals surface area (Å²) in [5.41, 5.74) is 3.33. The Morgan fingerprint density at radius 2 is 2.00 bits per heavy atom. The second kappa shape index (κ2) is 6.89. The molecule has 1 N–H and O–H groups in total. The fraction of sp³-hybridized carbons (Fsp3) is 0.500. The van der Waals surface area contributed by atoms with Crippen LogP contribution in [0.25, 0.3) is 0 Å². The van der Waals surface area contributed by atoms with Crippen LogP contribution >= 0.6 is 11.3 Å². The standard InChI is InChI=1S/C18H22N4OS/c23-18(22-7-3-4-8-22)15-10-19-11-17(21-15)20-9-13-12-24-16-6-2-1-5-14(13)16/h10-12H,1-9H2,(H,20,21). The smallest absolute Gasteiger partial charge is 0.274 e. The van der Waals surface area contributed by atoms with Gasteiger partial charge in [-0.05, 0) is 55.0 Å². The van der Waals surface area contributed by atoms with Crippen LogP contribution in [0.5, 0.6) is 0 Å². The first-order valence-electron chi connectivity index (χ1n) is 8.74. The zero-order valence-corrected chi connectivity index (χ0v) is 14.6. The van der Waals surface area contributed by atoms with E-state index in [0.717, 1.165) is 32.5 Å². The van der Waals surface area contributed by atoms with E-state index in [1.807, 2.05) is 16.2 Å². The van der Waals surface area contributed by atoms with Crippen LogP contribution in [0.3, 0.4) is 0 Å². The topological polar surface area (TPSA) is 58.1 Å². The largest absolute Gasteiger partial charge is 0.365 e. The van der Waals surface area contributed by atoms with Gasteiger partial charge in [-0.1, -0.05) is 0 Å². The van der Waals surface area contributed by atoms with Crippen molar-refractivity contribution in [3.63, 3.8) is 0 Å². The van der Waals surface area contributed by atoms with Gasteiger partial charge in [-0.3, -0.25) is 9.78 Å². The summed E-state index contributed by atoms with van der Waals surface area (Å²) in [4.78, 5) is 24.5. The Morgan fingerprint density at radius 3 is 2.88 bits per heavy atom. The summed E-state index contributed by atoms with van der Waals surface area (Å²) < 4.78 is 0. The third-order valence-corrected chi connectivity index (χ3v) is 5.99. The summed E-state index contributed by atoms with van der Waals surface area (Å²) in [6, 6.07) is 0. The van der Waals surface area contributed by atoms with E-state index < -0.39 is 0 Å². The predicted octanol–water partition coefficient (Wildman–Crippen LogP) is 3.27. The van der Waals surface area contributed by atoms with Crippen LogP contribution in [0, 0.1) is 0 Å². The second-order valence-electron chi connectivity index (χ2n) is 6.51. The van der Waals surface area contributed by atoms with Crippen molar-refractivity contribution in [2.45, 2.75) is 45.1 Å². The van der Waals surface area contributed by atoms with Gasteiger partial charge < -0.3 is 10.2 Å². The Bertz CT molecular complexity index is 736. The molecule has 5 nitrogen and oxygen atoms in total. The summed E-state index contributed by atoms with van der Waals surface area (Å²) >= 11 is 1.88. The average Bonchev–Trinajstić information content (AvgIpc) is 3.30. The van der Waals surface area contributed by atoms with Crippen molar-refractivity contribution in [3.8, 4) is 0 Å². The van der Waals surface area contributed by atoms with E-state index in [4.69, 9.17) is 0 Å². The van der Waals surface area contributed by atoms with E-state index in [9.17, 15) is 4.79 Å². The lowest BCUT2D eigenvalue weighted by molar-refractivity contribution is 0.0786. The van der Waals surface area contributed by atoms with Crippen molar-refractivity contribution in [2.75, 3.05) is 18.4 Å². The third kappa shape index (κ3) is 3.15. The molecule has 4 rings (SSSR count). The number of amides is 1. The first kappa shape index (κ1) is 15.6. The molecule has 2 aromatic heterocycles. The summed E-state index contributed by atoms with van der Waals surface area (Å²) in [5, 5.41) is 5.60. The van der Waals surface area contributed by atoms with Gasteiger partial charge in [-0.2, -0.15) is 0 Å². The Labute approximate surface area is 146 Å². The fourth-order valence-electron chi connectivity index (χ4n) is 3.53. The molecule has 1 aliphatic heterocycles. The molecule has 24 heavy (non-hydrogen) atoms. The average molecular weight is 342 g/mol. The Kier molecular flexibility index (Phi) is 4.47. The number of carbonyl (C=O) groups excluding carboxylic acids is 1. The van der Waals surface area contributed by atoms with Gasteiger partial charge in [0.05, 0.1) is 12.4 Å². The second-order valence-corrected chi connectivity index (χ2v) is 7.48. The molecule has 0 radical (unpaired) electrons. The lowest BCUT2D eigenvalue weighted by Gasteiger charge is -2.15. The molecule has 0 spiro atoms. The van der Waals surface area contributed by atoms with Crippen molar-refractivity contribution >= 4 is 23.1 Å². The first-order chi connectivity index (χ1) is 11.8. The quantitative estimate of drug-likeness (QED) is 0.926. The molecule has 0 aromatic carbocycles. The van der Waals surface area contributed by atoms with Crippen LogP contribution in [-0.4, -0.2) is 33.9 Å². The van der Waals surface area contributed by atoms with E-state index in [1.54, 1.807) is 17.3 Å². The summed E-state index contributed by atoms with van der Waals surface area (Å²) in [6.07, 6.45) is 10.4. The summed E-state index contributed by atoms with van der Waals surface area (Å²) in [6.45, 7) is 2.42. The normalized spacial score (nSPS) is 16.9. The molecule has 126 valence electrons. The van der Waals surface area contributed by atoms with Gasteiger partial charge in [-0.15, -0.1) is 11.3 Å². The highest BCUT2D eigenvalue weighted by Gasteiger charge is 2.21. The number of carbonyl (C=O) groups is 1. The van der Waals surface area contributed by atoms with Crippen molar-refractivity contribution < 1.29 is 4.79 Å². The first-order valence-corrected chi connectivity index (χ1v) is 9.62. The maximum atomic E-state index is 12.4. The van der Waals surface area contributed by atoms with E-state index in [-0.39, 0.29) is 5.91 Å². The maximum Gasteiger partial charge on any atom is 0.274 e. The summed E-state index contributed by atoms with van der Waals surface area (Å²) in [5.74, 6) is 0.673. The minimum absolute atomic E-state index is 0.00318. The van der Waals surface area contributed by atoms with Crippen molar-refractivity contribution in [3.05, 3.63) is 39.5 Å². The fourth-order valence-corrected chi connectivity index (χ4v) is 4.68. The number of anilines is 1. The lowest BCUT2D eigenvalue weighted by Crippen LogP contribution is -2.28. The van der Waals surface area contributed by atoms with Crippen LogP contribution in [0.2, 0.25) is 0 Å². The van der Waals surface area contributed by atoms with E-state index in [0.29, 0.717) is 11.5 Å². The molecule has 0 bridgehead atoms. The zero-order valence-electron chi connectivity index (χ0n) is 13.8. The molecule has 1 fully saturated rings. The number of hydrogen-bond acceptors (Lipinski definition) is 5. The van der Waals surface area contributed by atoms with E-state index in [1.165, 1.54) is 36.8 Å². The molecule has 0 unspecified atom stereocenters. The maximum absolute atomic E-state index is 12.4. The monoisotopic (exact) mass is 342 g/mol. The number of rotatable bonds is 4. The van der Waals surface area contributed by atoms with Gasteiger partial charge in [0, 0.05) is 24.5 Å². The van der Waals surface area contributed by atoms with E-state index >= 15 is 0 Å². The van der Waals surface area contributed by atoms with E-state index in [2.05, 4.69) is 20.7 Å². The Balaban J connectivity index is 1.44. The van der Waals surface area contributed by atoms with Gasteiger partial charge in [0.15, 0.2) is 0 Å². The van der Waals surface area contributed by atoms with Crippen molar-refractivity contribution in [2.24, 2.45) is 0 Å². The van der Waals surface area contributed by atoms with Crippen LogP contribution in [0.4, 0.5) is 5.82 Å². The Morgan fingerprint density at radius 1 is 1.17 bits per heavy atom. The number of aryl methyl sites for hydroxylation is 1. The summed E-state index contributed by atoms with van der Waals surface area (Å²) in [7, 11) is 0. The van der Waals surface area contributed by atoms with Crippen LogP contribution < -0.4 is 5.32 Å². The molecule has 2 aromatic rings. The van der Waals surface area contributed by atoms with Crippen LogP contribution in [0.15, 0.2) is 17.8 Å². The Hall–Kier alpha value is -1.95. The van der Waals surface area contributed by atoms with Gasteiger partial charge in [0.25, 0.3) is 5.91 Å². The highest BCUT2D eigenvalue weighted by Crippen LogP contribution is 2.30. The minimum Gasteiger partial charge on any atom is -0.365 e. The number of fused-ring (bicyclic) bond motifs is 1. The molecule has 6 heteroatoms. The zero-order chi connectivity index (χ0) is 16.4. The minimum atomic E-state index is -0.00318. The molecule has 3 heterocycles. The molecule has 2 aliphatic rings. The number of likely N-dealkylation sites (tertiary alicyclic amines) is 1. The number of hydrogen-bond donors (Lipinski definition) is 1. The van der Waals surface area contributed by atoms with Gasteiger partial charge in [0.2, 0.25) is 0 Å². The highest BCUT2D eigenvalue weighted by molar-refractivity contribution is 7.10. The van der Waals surface area contributed by atoms with Gasteiger partial charge >= 0.3 is 0 Å². The SMILES string of the molecule is O=C(c1cncc(NCc2csc3c2CCCC3)n1)N1CCCC1. The molecular weight excluding hydrogens is 320 g/mol. The van der Waals surface area contributed by atoms with Crippen LogP contribution in [-0.2, 0) is 19.4 Å². The van der Waals surface area contributed by atoms with Crippen LogP contribution in [0.1, 0.15) is 52.2 Å². The number of thiophene rings is 1. The lowest BCUT2D eigenvalue weighted by atomic mass is 9.96. The molecule has 0 saturated carbocycles. The molecular formula is C18H22N4OS. The molecule has 0 atom stereocenters.